The second kappa shape index (κ2) is 4.16. The summed E-state index contributed by atoms with van der Waals surface area (Å²) in [6.45, 7) is 0.648. The highest BCUT2D eigenvalue weighted by molar-refractivity contribution is 5.75. The van der Waals surface area contributed by atoms with E-state index < -0.39 is 49.1 Å². The maximum atomic E-state index is 10.9. The largest absolute Gasteiger partial charge is 0.477 e. The van der Waals surface area contributed by atoms with Gasteiger partial charge in [-0.15, -0.1) is 0 Å². The van der Waals surface area contributed by atoms with Crippen LogP contribution in [0.4, 0.5) is 0 Å². The zero-order chi connectivity index (χ0) is 12.8. The molecular formula is C9H14O8. The van der Waals surface area contributed by atoms with Crippen molar-refractivity contribution in [1.29, 1.82) is 0 Å². The maximum Gasteiger partial charge on any atom is 0.364 e. The summed E-state index contributed by atoms with van der Waals surface area (Å²) in [5.41, 5.74) is 0. The van der Waals surface area contributed by atoms with Crippen molar-refractivity contribution < 1.29 is 39.4 Å². The van der Waals surface area contributed by atoms with Crippen molar-refractivity contribution in [3.8, 4) is 0 Å². The smallest absolute Gasteiger partial charge is 0.364 e. The van der Waals surface area contributed by atoms with E-state index in [1.54, 1.807) is 0 Å². The first-order valence-corrected chi connectivity index (χ1v) is 5.10. The van der Waals surface area contributed by atoms with E-state index in [9.17, 15) is 15.0 Å². The van der Waals surface area contributed by atoms with Gasteiger partial charge in [0.15, 0.2) is 6.29 Å². The molecule has 17 heavy (non-hydrogen) atoms. The predicted octanol–water partition coefficient (Wildman–Crippen LogP) is -2.36. The Morgan fingerprint density at radius 1 is 1.29 bits per heavy atom. The van der Waals surface area contributed by atoms with Gasteiger partial charge in [-0.3, -0.25) is 0 Å². The molecule has 2 aliphatic heterocycles. The Labute approximate surface area is 96.3 Å². The lowest BCUT2D eigenvalue weighted by Gasteiger charge is -2.36. The van der Waals surface area contributed by atoms with Crippen molar-refractivity contribution in [3.63, 3.8) is 0 Å². The minimum Gasteiger partial charge on any atom is -0.477 e. The molecule has 0 aromatic rings. The minimum atomic E-state index is -1.94. The lowest BCUT2D eigenvalue weighted by atomic mass is 9.99. The van der Waals surface area contributed by atoms with Crippen LogP contribution in [0.2, 0.25) is 0 Å². The summed E-state index contributed by atoms with van der Waals surface area (Å²) in [4.78, 5) is 10.9. The van der Waals surface area contributed by atoms with E-state index in [1.165, 1.54) is 6.92 Å². The topological polar surface area (TPSA) is 126 Å². The van der Waals surface area contributed by atoms with E-state index in [2.05, 4.69) is 0 Å². The summed E-state index contributed by atoms with van der Waals surface area (Å²) in [7, 11) is 0. The molecule has 2 rings (SSSR count). The Hall–Kier alpha value is -0.770. The van der Waals surface area contributed by atoms with Crippen LogP contribution in [0.25, 0.3) is 0 Å². The quantitative estimate of drug-likeness (QED) is 0.429. The van der Waals surface area contributed by atoms with E-state index >= 15 is 0 Å². The molecule has 2 aliphatic rings. The van der Waals surface area contributed by atoms with Crippen molar-refractivity contribution >= 4 is 5.97 Å². The molecule has 0 saturated carbocycles. The number of carboxylic acids is 1. The zero-order valence-electron chi connectivity index (χ0n) is 9.02. The van der Waals surface area contributed by atoms with Crippen LogP contribution < -0.4 is 0 Å². The van der Waals surface area contributed by atoms with Crippen molar-refractivity contribution in [1.82, 2.24) is 0 Å². The Morgan fingerprint density at radius 3 is 2.41 bits per heavy atom. The van der Waals surface area contributed by atoms with Gasteiger partial charge < -0.3 is 34.6 Å². The molecule has 2 heterocycles. The third kappa shape index (κ3) is 1.92. The summed E-state index contributed by atoms with van der Waals surface area (Å²) in [6, 6.07) is 0. The molecule has 2 fully saturated rings. The Kier molecular flexibility index (Phi) is 3.10. The van der Waals surface area contributed by atoms with Gasteiger partial charge in [0, 0.05) is 6.92 Å². The second-order valence-electron chi connectivity index (χ2n) is 4.15. The summed E-state index contributed by atoms with van der Waals surface area (Å²) < 4.78 is 15.0. The molecule has 98 valence electrons. The number of aliphatic hydroxyl groups excluding tert-OH is 3. The Morgan fingerprint density at radius 2 is 1.88 bits per heavy atom. The number of aliphatic hydroxyl groups is 3. The Bertz CT molecular complexity index is 320. The molecule has 0 amide bonds. The first-order valence-electron chi connectivity index (χ1n) is 5.10. The van der Waals surface area contributed by atoms with Crippen LogP contribution in [0.15, 0.2) is 0 Å². The first kappa shape index (κ1) is 12.7. The molecule has 0 unspecified atom stereocenters. The van der Waals surface area contributed by atoms with Gasteiger partial charge in [-0.1, -0.05) is 0 Å². The third-order valence-electron chi connectivity index (χ3n) is 2.93. The molecular weight excluding hydrogens is 236 g/mol. The van der Waals surface area contributed by atoms with E-state index in [4.69, 9.17) is 24.4 Å². The normalized spacial score (nSPS) is 50.0. The van der Waals surface area contributed by atoms with Gasteiger partial charge in [0.05, 0.1) is 6.61 Å². The van der Waals surface area contributed by atoms with Crippen molar-refractivity contribution in [2.24, 2.45) is 0 Å². The van der Waals surface area contributed by atoms with Crippen LogP contribution in [0.5, 0.6) is 0 Å². The SMILES string of the molecule is C[C@@]1(C(=O)O)O[C@@H]2[C@@H](O1)[C@@H](O)[C@@H](CO)O[C@@H]2O. The van der Waals surface area contributed by atoms with E-state index in [0.717, 1.165) is 0 Å². The molecule has 0 bridgehead atoms. The summed E-state index contributed by atoms with van der Waals surface area (Å²) in [5, 5.41) is 37.2. The fourth-order valence-electron chi connectivity index (χ4n) is 1.97. The lowest BCUT2D eigenvalue weighted by molar-refractivity contribution is -0.263. The molecule has 4 N–H and O–H groups in total. The van der Waals surface area contributed by atoms with Gasteiger partial charge in [-0.2, -0.15) is 0 Å². The first-order chi connectivity index (χ1) is 7.89. The van der Waals surface area contributed by atoms with E-state index in [1.807, 2.05) is 0 Å². The molecule has 0 aliphatic carbocycles. The average Bonchev–Trinajstić information content (AvgIpc) is 2.64. The van der Waals surface area contributed by atoms with Gasteiger partial charge in [-0.05, 0) is 0 Å². The van der Waals surface area contributed by atoms with Crippen LogP contribution >= 0.6 is 0 Å². The van der Waals surface area contributed by atoms with Crippen LogP contribution in [0.1, 0.15) is 6.92 Å². The van der Waals surface area contributed by atoms with Crippen LogP contribution in [-0.4, -0.2) is 69.5 Å². The second-order valence-corrected chi connectivity index (χ2v) is 4.15. The lowest BCUT2D eigenvalue weighted by Crippen LogP contribution is -2.57. The van der Waals surface area contributed by atoms with Gasteiger partial charge in [0.1, 0.15) is 24.4 Å². The summed E-state index contributed by atoms with van der Waals surface area (Å²) in [5.74, 6) is -3.31. The molecule has 8 nitrogen and oxygen atoms in total. The highest BCUT2D eigenvalue weighted by atomic mass is 16.8. The van der Waals surface area contributed by atoms with Crippen molar-refractivity contribution in [3.05, 3.63) is 0 Å². The number of hydrogen-bond donors (Lipinski definition) is 4. The number of carbonyl (C=O) groups is 1. The number of rotatable bonds is 2. The number of hydrogen-bond acceptors (Lipinski definition) is 7. The molecule has 0 radical (unpaired) electrons. The number of aliphatic carboxylic acids is 1. The average molecular weight is 250 g/mol. The number of carboxylic acid groups (broad SMARTS) is 1. The van der Waals surface area contributed by atoms with Crippen LogP contribution in [0.3, 0.4) is 0 Å². The standard InChI is InChI=1S/C9H14O8/c1-9(8(13)14)16-5-4(11)3(2-10)15-7(12)6(5)17-9/h3-7,10-12H,2H2,1H3,(H,13,14)/t3-,4+,5+,6-,7+,9+/m1/s1. The highest BCUT2D eigenvalue weighted by Crippen LogP contribution is 2.37. The molecule has 2 saturated heterocycles. The van der Waals surface area contributed by atoms with Crippen molar-refractivity contribution in [2.75, 3.05) is 6.61 Å². The maximum absolute atomic E-state index is 10.9. The highest BCUT2D eigenvalue weighted by Gasteiger charge is 2.58. The van der Waals surface area contributed by atoms with Crippen LogP contribution in [-0.2, 0) is 19.0 Å². The fraction of sp³-hybridized carbons (Fsp3) is 0.889. The zero-order valence-corrected chi connectivity index (χ0v) is 9.02. The third-order valence-corrected chi connectivity index (χ3v) is 2.93. The van der Waals surface area contributed by atoms with E-state index in [-0.39, 0.29) is 0 Å². The molecule has 8 heteroatoms. The molecule has 0 aromatic carbocycles. The molecule has 0 spiro atoms. The monoisotopic (exact) mass is 250 g/mol. The number of ether oxygens (including phenoxy) is 3. The van der Waals surface area contributed by atoms with Gasteiger partial charge in [0.2, 0.25) is 0 Å². The van der Waals surface area contributed by atoms with Gasteiger partial charge >= 0.3 is 5.97 Å². The van der Waals surface area contributed by atoms with Gasteiger partial charge in [0.25, 0.3) is 5.79 Å². The Balaban J connectivity index is 2.21. The summed E-state index contributed by atoms with van der Waals surface area (Å²) >= 11 is 0. The van der Waals surface area contributed by atoms with Crippen LogP contribution in [0, 0.1) is 0 Å². The van der Waals surface area contributed by atoms with Gasteiger partial charge in [-0.25, -0.2) is 4.79 Å². The fourth-order valence-corrected chi connectivity index (χ4v) is 1.97. The minimum absolute atomic E-state index is 0.519. The number of fused-ring (bicyclic) bond motifs is 1. The molecule has 6 atom stereocenters. The predicted molar refractivity (Wildman–Crippen MR) is 49.8 cm³/mol. The van der Waals surface area contributed by atoms with E-state index in [0.29, 0.717) is 0 Å². The summed E-state index contributed by atoms with van der Waals surface area (Å²) in [6.07, 6.45) is -5.92. The van der Waals surface area contributed by atoms with Crippen molar-refractivity contribution in [2.45, 2.75) is 43.4 Å². The molecule has 0 aromatic heterocycles.